The summed E-state index contributed by atoms with van der Waals surface area (Å²) in [5.74, 6) is 0.786. The average Bonchev–Trinajstić information content (AvgIpc) is 2.97. The zero-order valence-corrected chi connectivity index (χ0v) is 16.0. The molecule has 0 bridgehead atoms. The van der Waals surface area contributed by atoms with Crippen LogP contribution in [0.1, 0.15) is 45.9 Å². The Morgan fingerprint density at radius 3 is 2.62 bits per heavy atom. The molecule has 6 heteroatoms. The molecule has 1 aromatic heterocycles. The first kappa shape index (κ1) is 19.9. The molecule has 1 N–H and O–H groups in total. The van der Waals surface area contributed by atoms with Crippen molar-refractivity contribution in [2.45, 2.75) is 53.0 Å². The van der Waals surface area contributed by atoms with Gasteiger partial charge in [0.05, 0.1) is 17.6 Å². The number of rotatable bonds is 10. The molecule has 2 rings (SSSR count). The van der Waals surface area contributed by atoms with Gasteiger partial charge >= 0.3 is 5.97 Å². The second kappa shape index (κ2) is 9.94. The van der Waals surface area contributed by atoms with Gasteiger partial charge in [-0.3, -0.25) is 9.59 Å². The van der Waals surface area contributed by atoms with Crippen LogP contribution in [0.15, 0.2) is 24.3 Å². The number of carbonyl (C=O) groups excluding carboxylic acids is 2. The first-order chi connectivity index (χ1) is 12.6. The van der Waals surface area contributed by atoms with Gasteiger partial charge in [-0.05, 0) is 38.3 Å². The van der Waals surface area contributed by atoms with E-state index >= 15 is 0 Å². The van der Waals surface area contributed by atoms with Gasteiger partial charge in [0, 0.05) is 18.9 Å². The molecule has 0 aliphatic rings. The number of nitrogens with one attached hydrogen (secondary N) is 1. The van der Waals surface area contributed by atoms with Crippen LogP contribution in [0.25, 0.3) is 11.0 Å². The van der Waals surface area contributed by atoms with E-state index < -0.39 is 0 Å². The number of esters is 1. The van der Waals surface area contributed by atoms with Crippen LogP contribution in [-0.2, 0) is 27.3 Å². The third-order valence-corrected chi connectivity index (χ3v) is 4.56. The fraction of sp³-hybridized carbons (Fsp3) is 0.550. The van der Waals surface area contributed by atoms with Gasteiger partial charge in [-0.1, -0.05) is 26.0 Å². The van der Waals surface area contributed by atoms with Crippen molar-refractivity contribution in [3.8, 4) is 0 Å². The molecule has 0 spiro atoms. The SMILES string of the molecule is CCOC(=O)Cn1c(CCCNC(=O)C(CC)CC)nc2ccccc21. The van der Waals surface area contributed by atoms with Crippen LogP contribution in [-0.4, -0.2) is 34.6 Å². The number of carbonyl (C=O) groups is 2. The predicted molar refractivity (Wildman–Crippen MR) is 102 cm³/mol. The van der Waals surface area contributed by atoms with E-state index in [0.717, 1.165) is 36.1 Å². The van der Waals surface area contributed by atoms with Crippen LogP contribution in [0.2, 0.25) is 0 Å². The lowest BCUT2D eigenvalue weighted by Crippen LogP contribution is -2.31. The number of para-hydroxylation sites is 2. The summed E-state index contributed by atoms with van der Waals surface area (Å²) in [7, 11) is 0. The van der Waals surface area contributed by atoms with Crippen LogP contribution in [0.4, 0.5) is 0 Å². The number of hydrogen-bond acceptors (Lipinski definition) is 4. The largest absolute Gasteiger partial charge is 0.465 e. The van der Waals surface area contributed by atoms with E-state index in [4.69, 9.17) is 4.74 Å². The molecule has 0 atom stereocenters. The Bertz CT molecular complexity index is 735. The van der Waals surface area contributed by atoms with Gasteiger partial charge in [-0.2, -0.15) is 0 Å². The highest BCUT2D eigenvalue weighted by Crippen LogP contribution is 2.17. The first-order valence-electron chi connectivity index (χ1n) is 9.48. The molecule has 1 heterocycles. The van der Waals surface area contributed by atoms with Crippen LogP contribution < -0.4 is 5.32 Å². The number of benzene rings is 1. The van der Waals surface area contributed by atoms with E-state index in [-0.39, 0.29) is 24.3 Å². The van der Waals surface area contributed by atoms with E-state index in [9.17, 15) is 9.59 Å². The molecule has 0 saturated carbocycles. The summed E-state index contributed by atoms with van der Waals surface area (Å²) in [6.07, 6.45) is 3.19. The second-order valence-electron chi connectivity index (χ2n) is 6.32. The monoisotopic (exact) mass is 359 g/mol. The van der Waals surface area contributed by atoms with Gasteiger partial charge in [-0.25, -0.2) is 4.98 Å². The van der Waals surface area contributed by atoms with Gasteiger partial charge in [0.15, 0.2) is 0 Å². The molecule has 6 nitrogen and oxygen atoms in total. The van der Waals surface area contributed by atoms with Crippen molar-refractivity contribution in [1.82, 2.24) is 14.9 Å². The van der Waals surface area contributed by atoms with Gasteiger partial charge in [0.25, 0.3) is 0 Å². The zero-order valence-electron chi connectivity index (χ0n) is 16.0. The zero-order chi connectivity index (χ0) is 18.9. The average molecular weight is 359 g/mol. The maximum Gasteiger partial charge on any atom is 0.326 e. The molecule has 0 unspecified atom stereocenters. The minimum absolute atomic E-state index is 0.0865. The number of imidazole rings is 1. The normalized spacial score (nSPS) is 11.1. The minimum Gasteiger partial charge on any atom is -0.465 e. The number of ether oxygens (including phenoxy) is 1. The van der Waals surface area contributed by atoms with Crippen LogP contribution in [0, 0.1) is 5.92 Å². The van der Waals surface area contributed by atoms with Gasteiger partial charge in [0.2, 0.25) is 5.91 Å². The van der Waals surface area contributed by atoms with Gasteiger partial charge in [-0.15, -0.1) is 0 Å². The fourth-order valence-corrected chi connectivity index (χ4v) is 3.09. The Balaban J connectivity index is 2.02. The van der Waals surface area contributed by atoms with Crippen molar-refractivity contribution in [2.75, 3.05) is 13.2 Å². The van der Waals surface area contributed by atoms with E-state index in [1.54, 1.807) is 6.92 Å². The molecule has 0 fully saturated rings. The molecule has 0 aliphatic carbocycles. The van der Waals surface area contributed by atoms with Crippen LogP contribution >= 0.6 is 0 Å². The molecule has 1 aromatic carbocycles. The second-order valence-corrected chi connectivity index (χ2v) is 6.32. The molecule has 1 amide bonds. The lowest BCUT2D eigenvalue weighted by molar-refractivity contribution is -0.143. The quantitative estimate of drug-likeness (QED) is 0.523. The Hall–Kier alpha value is -2.37. The maximum atomic E-state index is 12.0. The van der Waals surface area contributed by atoms with E-state index in [1.807, 2.05) is 42.7 Å². The fourth-order valence-electron chi connectivity index (χ4n) is 3.09. The summed E-state index contributed by atoms with van der Waals surface area (Å²) in [4.78, 5) is 28.6. The molecule has 0 saturated heterocycles. The van der Waals surface area contributed by atoms with Gasteiger partial charge < -0.3 is 14.6 Å². The lowest BCUT2D eigenvalue weighted by Gasteiger charge is -2.13. The molecule has 0 aliphatic heterocycles. The first-order valence-corrected chi connectivity index (χ1v) is 9.48. The summed E-state index contributed by atoms with van der Waals surface area (Å²) >= 11 is 0. The van der Waals surface area contributed by atoms with E-state index in [0.29, 0.717) is 19.6 Å². The van der Waals surface area contributed by atoms with Crippen molar-refractivity contribution in [1.29, 1.82) is 0 Å². The Morgan fingerprint density at radius 1 is 1.19 bits per heavy atom. The Kier molecular flexibility index (Phi) is 7.63. The summed E-state index contributed by atoms with van der Waals surface area (Å²) in [6.45, 7) is 6.99. The molecule has 2 aromatic rings. The van der Waals surface area contributed by atoms with E-state index in [2.05, 4.69) is 10.3 Å². The highest BCUT2D eigenvalue weighted by molar-refractivity contribution is 5.79. The summed E-state index contributed by atoms with van der Waals surface area (Å²) in [5.41, 5.74) is 1.80. The molecule has 0 radical (unpaired) electrons. The van der Waals surface area contributed by atoms with Crippen molar-refractivity contribution in [2.24, 2.45) is 5.92 Å². The summed E-state index contributed by atoms with van der Waals surface area (Å²) in [6, 6.07) is 7.77. The smallest absolute Gasteiger partial charge is 0.326 e. The number of fused-ring (bicyclic) bond motifs is 1. The Morgan fingerprint density at radius 2 is 1.92 bits per heavy atom. The third-order valence-electron chi connectivity index (χ3n) is 4.56. The number of nitrogens with zero attached hydrogens (tertiary/aromatic N) is 2. The maximum absolute atomic E-state index is 12.0. The number of aryl methyl sites for hydroxylation is 1. The Labute approximate surface area is 154 Å². The van der Waals surface area contributed by atoms with Crippen molar-refractivity contribution < 1.29 is 14.3 Å². The standard InChI is InChI=1S/C20H29N3O3/c1-4-15(5-2)20(25)21-13-9-12-18-22-16-10-7-8-11-17(16)23(18)14-19(24)26-6-3/h7-8,10-11,15H,4-6,9,12-14H2,1-3H3,(H,21,25). The summed E-state index contributed by atoms with van der Waals surface area (Å²) < 4.78 is 7.00. The molecular weight excluding hydrogens is 330 g/mol. The van der Waals surface area contributed by atoms with Crippen molar-refractivity contribution in [3.63, 3.8) is 0 Å². The number of hydrogen-bond donors (Lipinski definition) is 1. The molecule has 142 valence electrons. The lowest BCUT2D eigenvalue weighted by atomic mass is 10.0. The van der Waals surface area contributed by atoms with Crippen LogP contribution in [0.5, 0.6) is 0 Å². The number of amides is 1. The van der Waals surface area contributed by atoms with Crippen molar-refractivity contribution in [3.05, 3.63) is 30.1 Å². The molecular formula is C20H29N3O3. The predicted octanol–water partition coefficient (Wildman–Crippen LogP) is 3.08. The minimum atomic E-state index is -0.265. The van der Waals surface area contributed by atoms with E-state index in [1.165, 1.54) is 0 Å². The van der Waals surface area contributed by atoms with Crippen LogP contribution in [0.3, 0.4) is 0 Å². The van der Waals surface area contributed by atoms with Crippen molar-refractivity contribution >= 4 is 22.9 Å². The number of aromatic nitrogens is 2. The summed E-state index contributed by atoms with van der Waals surface area (Å²) in [5, 5.41) is 3.00. The molecule has 26 heavy (non-hydrogen) atoms. The third kappa shape index (κ3) is 5.07. The highest BCUT2D eigenvalue weighted by Gasteiger charge is 2.15. The highest BCUT2D eigenvalue weighted by atomic mass is 16.5. The topological polar surface area (TPSA) is 73.2 Å². The van der Waals surface area contributed by atoms with Gasteiger partial charge in [0.1, 0.15) is 12.4 Å².